The van der Waals surface area contributed by atoms with Crippen LogP contribution < -0.4 is 10.1 Å². The van der Waals surface area contributed by atoms with Crippen molar-refractivity contribution in [3.63, 3.8) is 0 Å². The van der Waals surface area contributed by atoms with Gasteiger partial charge in [0.25, 0.3) is 5.89 Å². The van der Waals surface area contributed by atoms with E-state index in [0.717, 1.165) is 11.3 Å². The van der Waals surface area contributed by atoms with Gasteiger partial charge in [-0.15, -0.1) is 0 Å². The van der Waals surface area contributed by atoms with Gasteiger partial charge in [-0.3, -0.25) is 0 Å². The molecular weight excluding hydrogens is 374 g/mol. The predicted octanol–water partition coefficient (Wildman–Crippen LogP) is 4.66. The lowest BCUT2D eigenvalue weighted by Gasteiger charge is -2.10. The summed E-state index contributed by atoms with van der Waals surface area (Å²) in [4.78, 5) is 12.8. The average molecular weight is 386 g/mol. The largest absolute Gasteiger partial charge is 0.495 e. The molecule has 3 aromatic heterocycles. The topological polar surface area (TPSA) is 86.0 Å². The van der Waals surface area contributed by atoms with Crippen LogP contribution in [0.15, 0.2) is 52.1 Å². The van der Waals surface area contributed by atoms with Crippen molar-refractivity contribution in [2.75, 3.05) is 12.4 Å². The molecule has 0 aliphatic heterocycles. The van der Waals surface area contributed by atoms with Crippen molar-refractivity contribution in [3.8, 4) is 28.6 Å². The van der Waals surface area contributed by atoms with E-state index < -0.39 is 0 Å². The highest BCUT2D eigenvalue weighted by atomic mass is 35.5. The van der Waals surface area contributed by atoms with Gasteiger partial charge in [-0.2, -0.15) is 16.3 Å². The standard InChI is InChI=1S/C17H12ClN5O2S/c1-24-14-3-2-11(6-13(14)18)21-16-12(7-19-9-20-16)17-22-15(23-25-17)10-4-5-26-8-10/h2-9H,1H3,(H,19,20,21). The summed E-state index contributed by atoms with van der Waals surface area (Å²) >= 11 is 7.74. The van der Waals surface area contributed by atoms with Crippen LogP contribution in [0.5, 0.6) is 5.75 Å². The summed E-state index contributed by atoms with van der Waals surface area (Å²) in [5.74, 6) is 1.97. The zero-order valence-corrected chi connectivity index (χ0v) is 15.1. The fourth-order valence-electron chi connectivity index (χ4n) is 2.31. The van der Waals surface area contributed by atoms with Gasteiger partial charge in [0, 0.05) is 22.8 Å². The molecular formula is C17H12ClN5O2S. The highest BCUT2D eigenvalue weighted by Gasteiger charge is 2.16. The second kappa shape index (κ2) is 7.11. The van der Waals surface area contributed by atoms with Gasteiger partial charge in [0.15, 0.2) is 0 Å². The normalized spacial score (nSPS) is 10.7. The van der Waals surface area contributed by atoms with E-state index >= 15 is 0 Å². The summed E-state index contributed by atoms with van der Waals surface area (Å²) in [5, 5.41) is 11.6. The van der Waals surface area contributed by atoms with Crippen LogP contribution in [0.3, 0.4) is 0 Å². The zero-order chi connectivity index (χ0) is 17.9. The number of nitrogens with zero attached hydrogens (tertiary/aromatic N) is 4. The number of hydrogen-bond acceptors (Lipinski definition) is 8. The minimum atomic E-state index is 0.328. The third kappa shape index (κ3) is 3.24. The molecule has 0 radical (unpaired) electrons. The maximum Gasteiger partial charge on any atom is 0.263 e. The van der Waals surface area contributed by atoms with E-state index in [1.165, 1.54) is 6.33 Å². The van der Waals surface area contributed by atoms with E-state index in [9.17, 15) is 0 Å². The van der Waals surface area contributed by atoms with Gasteiger partial charge < -0.3 is 14.6 Å². The van der Waals surface area contributed by atoms with Crippen LogP contribution in [0.4, 0.5) is 11.5 Å². The minimum absolute atomic E-state index is 0.328. The summed E-state index contributed by atoms with van der Waals surface area (Å²) in [6, 6.07) is 7.28. The molecule has 0 amide bonds. The highest BCUT2D eigenvalue weighted by molar-refractivity contribution is 7.08. The first kappa shape index (κ1) is 16.5. The molecule has 0 atom stereocenters. The lowest BCUT2D eigenvalue weighted by Crippen LogP contribution is -1.98. The van der Waals surface area contributed by atoms with Crippen LogP contribution in [-0.4, -0.2) is 27.2 Å². The predicted molar refractivity (Wildman–Crippen MR) is 99.9 cm³/mol. The monoisotopic (exact) mass is 385 g/mol. The number of benzene rings is 1. The number of ether oxygens (including phenoxy) is 1. The Kier molecular flexibility index (Phi) is 4.51. The van der Waals surface area contributed by atoms with Crippen LogP contribution in [-0.2, 0) is 0 Å². The van der Waals surface area contributed by atoms with E-state index in [1.54, 1.807) is 36.8 Å². The smallest absolute Gasteiger partial charge is 0.263 e. The molecule has 0 spiro atoms. The van der Waals surface area contributed by atoms with Crippen LogP contribution in [0.25, 0.3) is 22.8 Å². The van der Waals surface area contributed by atoms with Gasteiger partial charge in [0.05, 0.1) is 12.1 Å². The summed E-state index contributed by atoms with van der Waals surface area (Å²) in [6.45, 7) is 0. The Hall–Kier alpha value is -2.97. The number of halogens is 1. The van der Waals surface area contributed by atoms with Crippen molar-refractivity contribution in [2.24, 2.45) is 0 Å². The lowest BCUT2D eigenvalue weighted by atomic mass is 10.2. The molecule has 4 rings (SSSR count). The first-order valence-electron chi connectivity index (χ1n) is 7.52. The van der Waals surface area contributed by atoms with E-state index in [-0.39, 0.29) is 0 Å². The summed E-state index contributed by atoms with van der Waals surface area (Å²) in [5.41, 5.74) is 2.24. The fourth-order valence-corrected chi connectivity index (χ4v) is 3.20. The maximum atomic E-state index is 6.18. The third-order valence-electron chi connectivity index (χ3n) is 3.56. The Balaban J connectivity index is 1.66. The molecule has 0 saturated carbocycles. The Morgan fingerprint density at radius 2 is 2.19 bits per heavy atom. The third-order valence-corrected chi connectivity index (χ3v) is 4.54. The second-order valence-corrected chi connectivity index (χ2v) is 6.38. The number of aromatic nitrogens is 4. The van der Waals surface area contributed by atoms with E-state index in [0.29, 0.717) is 33.9 Å². The molecule has 130 valence electrons. The summed E-state index contributed by atoms with van der Waals surface area (Å²) < 4.78 is 10.6. The molecule has 3 heterocycles. The number of methoxy groups -OCH3 is 1. The molecule has 0 unspecified atom stereocenters. The number of anilines is 2. The maximum absolute atomic E-state index is 6.18. The molecule has 1 aromatic carbocycles. The molecule has 4 aromatic rings. The van der Waals surface area contributed by atoms with Crippen molar-refractivity contribution < 1.29 is 9.26 Å². The molecule has 9 heteroatoms. The van der Waals surface area contributed by atoms with Crippen LogP contribution in [0.2, 0.25) is 5.02 Å². The van der Waals surface area contributed by atoms with Gasteiger partial charge >= 0.3 is 0 Å². The van der Waals surface area contributed by atoms with Gasteiger partial charge in [0.2, 0.25) is 5.82 Å². The zero-order valence-electron chi connectivity index (χ0n) is 13.5. The van der Waals surface area contributed by atoms with Crippen LogP contribution in [0.1, 0.15) is 0 Å². The Morgan fingerprint density at radius 1 is 1.27 bits per heavy atom. The van der Waals surface area contributed by atoms with Crippen molar-refractivity contribution in [3.05, 3.63) is 52.6 Å². The quantitative estimate of drug-likeness (QED) is 0.534. The number of hydrogen-bond donors (Lipinski definition) is 1. The molecule has 0 saturated heterocycles. The van der Waals surface area contributed by atoms with Crippen LogP contribution in [0, 0.1) is 0 Å². The average Bonchev–Trinajstić information content (AvgIpc) is 3.34. The molecule has 26 heavy (non-hydrogen) atoms. The molecule has 0 bridgehead atoms. The lowest BCUT2D eigenvalue weighted by molar-refractivity contribution is 0.415. The molecule has 1 N–H and O–H groups in total. The number of rotatable bonds is 5. The van der Waals surface area contributed by atoms with Gasteiger partial charge in [-0.25, -0.2) is 9.97 Å². The van der Waals surface area contributed by atoms with Gasteiger partial charge in [-0.1, -0.05) is 16.8 Å². The van der Waals surface area contributed by atoms with Gasteiger partial charge in [0.1, 0.15) is 23.5 Å². The van der Waals surface area contributed by atoms with E-state index in [1.807, 2.05) is 22.9 Å². The SMILES string of the molecule is COc1ccc(Nc2ncncc2-c2nc(-c3ccsc3)no2)cc1Cl. The highest BCUT2D eigenvalue weighted by Crippen LogP contribution is 2.32. The van der Waals surface area contributed by atoms with E-state index in [4.69, 9.17) is 20.9 Å². The first-order chi connectivity index (χ1) is 12.7. The summed E-state index contributed by atoms with van der Waals surface area (Å²) in [6.07, 6.45) is 3.05. The Labute approximate surface area is 157 Å². The van der Waals surface area contributed by atoms with Crippen molar-refractivity contribution >= 4 is 34.4 Å². The molecule has 0 aliphatic rings. The fraction of sp³-hybridized carbons (Fsp3) is 0.0588. The minimum Gasteiger partial charge on any atom is -0.495 e. The first-order valence-corrected chi connectivity index (χ1v) is 8.84. The second-order valence-electron chi connectivity index (χ2n) is 5.19. The Bertz CT molecular complexity index is 1040. The van der Waals surface area contributed by atoms with Crippen molar-refractivity contribution in [1.82, 2.24) is 20.1 Å². The van der Waals surface area contributed by atoms with Crippen molar-refractivity contribution in [1.29, 1.82) is 0 Å². The molecule has 0 fully saturated rings. The molecule has 7 nitrogen and oxygen atoms in total. The molecule has 0 aliphatic carbocycles. The Morgan fingerprint density at radius 3 is 2.96 bits per heavy atom. The number of nitrogens with one attached hydrogen (secondary N) is 1. The van der Waals surface area contributed by atoms with Crippen molar-refractivity contribution in [2.45, 2.75) is 0 Å². The summed E-state index contributed by atoms with van der Waals surface area (Å²) in [7, 11) is 1.57. The van der Waals surface area contributed by atoms with E-state index in [2.05, 4.69) is 25.4 Å². The number of thiophene rings is 1. The van der Waals surface area contributed by atoms with Crippen LogP contribution >= 0.6 is 22.9 Å². The van der Waals surface area contributed by atoms with Gasteiger partial charge in [-0.05, 0) is 29.6 Å².